The van der Waals surface area contributed by atoms with Crippen molar-refractivity contribution in [2.75, 3.05) is 56.3 Å². The van der Waals surface area contributed by atoms with Crippen molar-refractivity contribution in [2.24, 2.45) is 5.41 Å². The number of anilines is 2. The molecule has 10 N–H and O–H groups in total. The Hall–Kier alpha value is -6.20. The maximum absolute atomic E-state index is 15.4. The average Bonchev–Trinajstić information content (AvgIpc) is 1.63. The number of terminal acetylenes is 1. The number of phosphoric ester groups is 3. The van der Waals surface area contributed by atoms with Gasteiger partial charge in [-0.25, -0.2) is 38.0 Å². The van der Waals surface area contributed by atoms with Gasteiger partial charge in [-0.15, -0.1) is 18.2 Å². The van der Waals surface area contributed by atoms with Gasteiger partial charge in [-0.1, -0.05) is 66.5 Å². The van der Waals surface area contributed by atoms with Crippen molar-refractivity contribution in [1.82, 2.24) is 39.7 Å². The summed E-state index contributed by atoms with van der Waals surface area (Å²) in [5.74, 6) is 1.89. The van der Waals surface area contributed by atoms with E-state index in [4.69, 9.17) is 44.6 Å². The van der Waals surface area contributed by atoms with Gasteiger partial charge in [-0.2, -0.15) is 4.31 Å². The highest BCUT2D eigenvalue weighted by Gasteiger charge is 2.51. The third kappa shape index (κ3) is 17.6. The standard InChI is InChI=1S/C58H78FN10O19P3SSi/c1-12-22-67-28-36(39-27-38(82-9)17-18-40(39)67)26-43(54(74)68-30-57(5,6)48-41(68)25-35(24-34-13-15-37(59)16-14-34)53(66-48)87-93(10,11)56(2,3)4)92-23-21-61-44(70)19-20-62-52(73)49(72)58(7,8)31-84-91(80,81)88-90(78,79)83-29-42-47(86-89(75,76)77)46(71)55(85-42)69-33-65-45-50(60)63-32-64-51(45)69/h1,13-18,25,27-28,32-33,42-43,46-47,49,55,71-72H,19-24,26,29-31H2,2-11H3,(H,61,70)(H,62,73)(H,78,79)(H,80,81)(H2,60,63,64)(H2,75,76,77)/t42-,43+,46-,47-,49+,55-/m1/s1. The second-order valence-corrected chi connectivity index (χ2v) is 35.6. The molecule has 29 nitrogen and oxygen atoms in total. The van der Waals surface area contributed by atoms with Gasteiger partial charge in [-0.3, -0.25) is 32.5 Å². The number of phosphoric acid groups is 3. The van der Waals surface area contributed by atoms with Crippen molar-refractivity contribution < 1.29 is 94.0 Å². The van der Waals surface area contributed by atoms with Gasteiger partial charge < -0.3 is 69.5 Å². The lowest BCUT2D eigenvalue weighted by Crippen LogP contribution is -2.46. The molecule has 0 bridgehead atoms. The zero-order valence-electron chi connectivity index (χ0n) is 52.8. The molecule has 35 heteroatoms. The molecule has 6 aromatic rings. The van der Waals surface area contributed by atoms with Crippen molar-refractivity contribution >= 4 is 94.8 Å². The first-order chi connectivity index (χ1) is 43.3. The Morgan fingerprint density at radius 2 is 1.68 bits per heavy atom. The second kappa shape index (κ2) is 28.6. The fraction of sp³-hybridized carbons (Fsp3) is 0.500. The Morgan fingerprint density at radius 3 is 2.34 bits per heavy atom. The summed E-state index contributed by atoms with van der Waals surface area (Å²) in [7, 11) is -17.5. The summed E-state index contributed by atoms with van der Waals surface area (Å²) in [6, 6.07) is 13.8. The Balaban J connectivity index is 0.880. The lowest BCUT2D eigenvalue weighted by molar-refractivity contribution is -0.137. The first-order valence-electron chi connectivity index (χ1n) is 29.2. The van der Waals surface area contributed by atoms with Crippen LogP contribution in [-0.4, -0.2) is 160 Å². The first kappa shape index (κ1) is 72.6. The lowest BCUT2D eigenvalue weighted by atomic mass is 9.87. The third-order valence-corrected chi connectivity index (χ3v) is 24.8. The van der Waals surface area contributed by atoms with E-state index < -0.39 is 104 Å². The number of nitrogens with two attached hydrogens (primary N) is 1. The van der Waals surface area contributed by atoms with Crippen LogP contribution in [0.3, 0.4) is 0 Å². The van der Waals surface area contributed by atoms with Crippen LogP contribution in [0.2, 0.25) is 18.1 Å². The number of benzene rings is 2. The minimum absolute atomic E-state index is 0.0146. The van der Waals surface area contributed by atoms with Gasteiger partial charge in [0.2, 0.25) is 23.6 Å². The molecule has 506 valence electrons. The predicted octanol–water partition coefficient (Wildman–Crippen LogP) is 6.18. The van der Waals surface area contributed by atoms with Gasteiger partial charge in [0.25, 0.3) is 8.32 Å². The summed E-state index contributed by atoms with van der Waals surface area (Å²) >= 11 is 1.33. The van der Waals surface area contributed by atoms with E-state index in [-0.39, 0.29) is 78.5 Å². The quantitative estimate of drug-likeness (QED) is 0.0109. The number of halogens is 1. The van der Waals surface area contributed by atoms with Crippen molar-refractivity contribution in [3.05, 3.63) is 95.6 Å². The highest BCUT2D eigenvalue weighted by Crippen LogP contribution is 2.61. The number of imidazole rings is 1. The minimum Gasteiger partial charge on any atom is -0.530 e. The number of aliphatic hydroxyl groups is 2. The van der Waals surface area contributed by atoms with E-state index in [9.17, 15) is 57.5 Å². The molecule has 8 atom stereocenters. The van der Waals surface area contributed by atoms with Crippen LogP contribution in [0, 0.1) is 23.6 Å². The predicted molar refractivity (Wildman–Crippen MR) is 344 cm³/mol. The van der Waals surface area contributed by atoms with Gasteiger partial charge in [0, 0.05) is 71.7 Å². The average molecular weight is 1390 g/mol. The van der Waals surface area contributed by atoms with E-state index in [0.29, 0.717) is 29.4 Å². The molecule has 0 radical (unpaired) electrons. The molecule has 3 amide bonds. The van der Waals surface area contributed by atoms with Gasteiger partial charge >= 0.3 is 23.5 Å². The van der Waals surface area contributed by atoms with Crippen LogP contribution in [0.4, 0.5) is 15.9 Å². The number of nitrogens with one attached hydrogen (secondary N) is 2. The molecule has 0 aliphatic carbocycles. The monoisotopic (exact) mass is 1390 g/mol. The molecule has 0 spiro atoms. The molecule has 2 aliphatic rings. The molecule has 6 heterocycles. The van der Waals surface area contributed by atoms with E-state index in [1.54, 1.807) is 24.1 Å². The number of aliphatic hydroxyl groups excluding tert-OH is 2. The number of thioether (sulfide) groups is 1. The summed E-state index contributed by atoms with van der Waals surface area (Å²) in [6.07, 6.45) is 1.10. The number of nitrogen functional groups attached to an aromatic ring is 1. The normalized spacial score (nSPS) is 19.5. The molecule has 4 aromatic heterocycles. The topological polar surface area (TPSA) is 403 Å². The van der Waals surface area contributed by atoms with Gasteiger partial charge in [0.05, 0.1) is 49.8 Å². The summed E-state index contributed by atoms with van der Waals surface area (Å²) < 4.78 is 92.1. The van der Waals surface area contributed by atoms with Crippen LogP contribution in [0.25, 0.3) is 22.1 Å². The number of hydrogen-bond donors (Lipinski definition) is 9. The number of methoxy groups -OCH3 is 1. The zero-order valence-corrected chi connectivity index (χ0v) is 57.3. The van der Waals surface area contributed by atoms with Crippen LogP contribution in [0.5, 0.6) is 11.6 Å². The zero-order chi connectivity index (χ0) is 68.4. The first-order valence-corrected chi connectivity index (χ1v) is 37.7. The molecule has 1 saturated heterocycles. The fourth-order valence-electron chi connectivity index (χ4n) is 10.2. The Morgan fingerprint density at radius 1 is 0.978 bits per heavy atom. The summed E-state index contributed by atoms with van der Waals surface area (Å²) in [4.78, 5) is 101. The third-order valence-electron chi connectivity index (χ3n) is 16.2. The number of ether oxygens (including phenoxy) is 2. The van der Waals surface area contributed by atoms with Gasteiger partial charge in [-0.05, 0) is 72.1 Å². The van der Waals surface area contributed by atoms with E-state index in [0.717, 1.165) is 44.8 Å². The van der Waals surface area contributed by atoms with E-state index in [1.807, 2.05) is 48.9 Å². The Kier molecular flexibility index (Phi) is 22.4. The van der Waals surface area contributed by atoms with E-state index >= 15 is 4.79 Å². The molecule has 0 saturated carbocycles. The number of fused-ring (bicyclic) bond motifs is 3. The molecular weight excluding hydrogens is 1310 g/mol. The van der Waals surface area contributed by atoms with Crippen LogP contribution >= 0.6 is 35.2 Å². The number of aromatic nitrogens is 6. The van der Waals surface area contributed by atoms with Crippen molar-refractivity contribution in [3.8, 4) is 24.0 Å². The smallest absolute Gasteiger partial charge is 0.481 e. The number of pyridine rings is 1. The number of carbonyl (C=O) groups excluding carboxylic acids is 3. The summed E-state index contributed by atoms with van der Waals surface area (Å²) in [5, 5.41) is 27.3. The SMILES string of the molecule is C#CCn1cc(C[C@H](SCCNC(=O)CCNC(=O)[C@H](O)C(C)(C)COP(=O)(O)OP(=O)(O)OC[C@H]2O[C@@H](n3cnc4c(N)ncnc43)[C@H](O)[C@@H]2OP(=O)(O)O)C(=O)N2CC(C)(C)c3nc(O[Si](C)(C)C(C)(C)C)c(Cc4ccc(F)cc4)cc32)c2cc(OC)ccc21. The Labute approximate surface area is 541 Å². The molecule has 8 rings (SSSR count). The lowest BCUT2D eigenvalue weighted by Gasteiger charge is -2.36. The van der Waals surface area contributed by atoms with Crippen molar-refractivity contribution in [2.45, 2.75) is 134 Å². The van der Waals surface area contributed by atoms with Gasteiger partial charge in [0.1, 0.15) is 47.8 Å². The van der Waals surface area contributed by atoms with Gasteiger partial charge in [0.15, 0.2) is 17.7 Å². The summed E-state index contributed by atoms with van der Waals surface area (Å²) in [6.45, 7) is 15.5. The molecule has 2 unspecified atom stereocenters. The van der Waals surface area contributed by atoms with Crippen molar-refractivity contribution in [1.29, 1.82) is 0 Å². The molecule has 2 aromatic carbocycles. The number of nitrogens with zero attached hydrogens (tertiary/aromatic N) is 7. The molecular formula is C58H78FN10O19P3SSi. The number of carbonyl (C=O) groups is 3. The maximum Gasteiger partial charge on any atom is 0.481 e. The highest BCUT2D eigenvalue weighted by atomic mass is 32.2. The van der Waals surface area contributed by atoms with Crippen LogP contribution < -0.4 is 30.4 Å². The molecule has 93 heavy (non-hydrogen) atoms. The number of hydrogen-bond acceptors (Lipinski definition) is 21. The minimum atomic E-state index is -5.65. The second-order valence-electron chi connectivity index (χ2n) is 25.3. The van der Waals surface area contributed by atoms with Crippen molar-refractivity contribution in [3.63, 3.8) is 0 Å². The Bertz CT molecular complexity index is 3940. The van der Waals surface area contributed by atoms with Crippen LogP contribution in [0.1, 0.15) is 83.5 Å². The maximum atomic E-state index is 15.4. The molecule has 1 fully saturated rings. The number of amides is 3. The highest BCUT2D eigenvalue weighted by molar-refractivity contribution is 8.00. The number of rotatable bonds is 29. The van der Waals surface area contributed by atoms with E-state index in [1.165, 1.54) is 37.7 Å². The summed E-state index contributed by atoms with van der Waals surface area (Å²) in [5.41, 5.74) is 8.14. The fourth-order valence-corrected chi connectivity index (χ4v) is 15.1. The van der Waals surface area contributed by atoms with E-state index in [2.05, 4.69) is 69.7 Å². The van der Waals surface area contributed by atoms with Crippen LogP contribution in [0.15, 0.2) is 67.4 Å². The van der Waals surface area contributed by atoms with Crippen LogP contribution in [-0.2, 0) is 75.5 Å². The molecule has 2 aliphatic heterocycles. The largest absolute Gasteiger partial charge is 0.530 e.